The molecule has 0 saturated carbocycles. The summed E-state index contributed by atoms with van der Waals surface area (Å²) in [4.78, 5) is 34.5. The van der Waals surface area contributed by atoms with E-state index in [0.29, 0.717) is 42.2 Å². The number of para-hydroxylation sites is 1. The minimum absolute atomic E-state index is 0.156. The molecule has 0 aliphatic heterocycles. The van der Waals surface area contributed by atoms with E-state index in [-0.39, 0.29) is 29.5 Å². The van der Waals surface area contributed by atoms with Crippen LogP contribution in [0.25, 0.3) is 33.1 Å². The first-order valence-corrected chi connectivity index (χ1v) is 13.3. The number of anilines is 3. The summed E-state index contributed by atoms with van der Waals surface area (Å²) in [6.45, 7) is 8.72. The molecule has 0 spiro atoms. The Morgan fingerprint density at radius 3 is 2.15 bits per heavy atom. The second-order valence-corrected chi connectivity index (χ2v) is 10.0. The molecule has 0 fully saturated rings. The number of hydrogen-bond acceptors (Lipinski definition) is 8. The van der Waals surface area contributed by atoms with Gasteiger partial charge in [0.05, 0.1) is 11.2 Å². The summed E-state index contributed by atoms with van der Waals surface area (Å²) in [6.07, 6.45) is 0. The molecule has 0 radical (unpaired) electrons. The van der Waals surface area contributed by atoms with Crippen LogP contribution in [-0.4, -0.2) is 56.0 Å². The lowest BCUT2D eigenvalue weighted by Crippen LogP contribution is -2.30. The molecule has 5 rings (SSSR count). The van der Waals surface area contributed by atoms with Gasteiger partial charge in [0.2, 0.25) is 17.8 Å². The van der Waals surface area contributed by atoms with E-state index in [1.165, 1.54) is 12.1 Å². The number of aromatic nitrogens is 5. The Morgan fingerprint density at radius 2 is 1.48 bits per heavy atom. The molecule has 2 aromatic carbocycles. The van der Waals surface area contributed by atoms with Gasteiger partial charge in [-0.25, -0.2) is 9.37 Å². The standard InChI is InChI=1S/C29H32FN9O/c1-16(2)33-28-37-27(38-29(39-28)34-17(3)4)32-14-13-31-26(40)23-15-21-20-7-5-6-8-22(20)35-25(21)24(36-23)18-9-11-19(30)12-10-18/h5-12,15-17,35H,13-14H2,1-4H3,(H,31,40)(H3,32,33,34,37,38,39). The van der Waals surface area contributed by atoms with Gasteiger partial charge in [-0.3, -0.25) is 4.79 Å². The largest absolute Gasteiger partial charge is 0.353 e. The number of carbonyl (C=O) groups excluding carboxylic acids is 1. The number of hydrogen-bond donors (Lipinski definition) is 5. The first kappa shape index (κ1) is 26.8. The van der Waals surface area contributed by atoms with Crippen molar-refractivity contribution >= 4 is 45.6 Å². The first-order valence-electron chi connectivity index (χ1n) is 13.3. The van der Waals surface area contributed by atoms with Gasteiger partial charge in [0.25, 0.3) is 5.91 Å². The molecule has 0 unspecified atom stereocenters. The number of fused-ring (bicyclic) bond motifs is 3. The molecule has 5 aromatic rings. The lowest BCUT2D eigenvalue weighted by atomic mass is 10.1. The lowest BCUT2D eigenvalue weighted by Gasteiger charge is -2.14. The lowest BCUT2D eigenvalue weighted by molar-refractivity contribution is 0.0950. The normalized spacial score (nSPS) is 11.4. The summed E-state index contributed by atoms with van der Waals surface area (Å²) < 4.78 is 13.6. The monoisotopic (exact) mass is 541 g/mol. The Hall–Kier alpha value is -4.80. The van der Waals surface area contributed by atoms with Crippen LogP contribution in [0, 0.1) is 5.82 Å². The summed E-state index contributed by atoms with van der Waals surface area (Å²) >= 11 is 0. The van der Waals surface area contributed by atoms with Crippen molar-refractivity contribution in [3.05, 3.63) is 66.1 Å². The molecule has 206 valence electrons. The zero-order valence-corrected chi connectivity index (χ0v) is 22.8. The van der Waals surface area contributed by atoms with Crippen molar-refractivity contribution in [1.29, 1.82) is 0 Å². The van der Waals surface area contributed by atoms with Crippen LogP contribution < -0.4 is 21.3 Å². The summed E-state index contributed by atoms with van der Waals surface area (Å²) in [7, 11) is 0. The zero-order chi connectivity index (χ0) is 28.2. The Labute approximate surface area is 231 Å². The van der Waals surface area contributed by atoms with Crippen LogP contribution in [0.15, 0.2) is 54.6 Å². The average molecular weight is 542 g/mol. The van der Waals surface area contributed by atoms with Gasteiger partial charge in [-0.15, -0.1) is 0 Å². The van der Waals surface area contributed by atoms with Crippen LogP contribution in [0.4, 0.5) is 22.2 Å². The summed E-state index contributed by atoms with van der Waals surface area (Å²) in [5.74, 6) is 0.661. The third-order valence-corrected chi connectivity index (χ3v) is 6.01. The van der Waals surface area contributed by atoms with Gasteiger partial charge >= 0.3 is 0 Å². The maximum atomic E-state index is 13.6. The van der Waals surface area contributed by atoms with Gasteiger partial charge in [0.1, 0.15) is 11.5 Å². The molecule has 0 aliphatic carbocycles. The number of H-pyrrole nitrogens is 1. The third-order valence-electron chi connectivity index (χ3n) is 6.01. The number of nitrogens with one attached hydrogen (secondary N) is 5. The highest BCUT2D eigenvalue weighted by molar-refractivity contribution is 6.13. The Balaban J connectivity index is 1.34. The van der Waals surface area contributed by atoms with Crippen LogP contribution in [-0.2, 0) is 0 Å². The van der Waals surface area contributed by atoms with Gasteiger partial charge in [-0.1, -0.05) is 18.2 Å². The van der Waals surface area contributed by atoms with Crippen LogP contribution >= 0.6 is 0 Å². The SMILES string of the molecule is CC(C)Nc1nc(NCCNC(=O)c2cc3c([nH]c4ccccc43)c(-c3ccc(F)cc3)n2)nc(NC(C)C)n1. The van der Waals surface area contributed by atoms with E-state index >= 15 is 0 Å². The minimum atomic E-state index is -0.338. The van der Waals surface area contributed by atoms with E-state index in [2.05, 4.69) is 46.2 Å². The molecule has 1 amide bonds. The molecule has 0 atom stereocenters. The summed E-state index contributed by atoms with van der Waals surface area (Å²) in [6, 6.07) is 16.0. The molecule has 3 heterocycles. The van der Waals surface area contributed by atoms with Crippen LogP contribution in [0.1, 0.15) is 38.2 Å². The molecular formula is C29H32FN9O. The molecule has 5 N–H and O–H groups in total. The summed E-state index contributed by atoms with van der Waals surface area (Å²) in [5.41, 5.74) is 3.28. The first-order chi connectivity index (χ1) is 19.3. The molecule has 3 aromatic heterocycles. The van der Waals surface area contributed by atoms with E-state index < -0.39 is 0 Å². The van der Waals surface area contributed by atoms with Gasteiger partial charge in [0, 0.05) is 47.0 Å². The van der Waals surface area contributed by atoms with E-state index in [9.17, 15) is 9.18 Å². The van der Waals surface area contributed by atoms with Crippen LogP contribution in [0.5, 0.6) is 0 Å². The molecule has 10 nitrogen and oxygen atoms in total. The highest BCUT2D eigenvalue weighted by Crippen LogP contribution is 2.32. The van der Waals surface area contributed by atoms with Crippen molar-refractivity contribution in [2.24, 2.45) is 0 Å². The van der Waals surface area contributed by atoms with Crippen molar-refractivity contribution in [1.82, 2.24) is 30.2 Å². The third kappa shape index (κ3) is 6.09. The predicted octanol–water partition coefficient (Wildman–Crippen LogP) is 5.19. The van der Waals surface area contributed by atoms with E-state index in [0.717, 1.165) is 21.8 Å². The van der Waals surface area contributed by atoms with Crippen molar-refractivity contribution in [2.75, 3.05) is 29.0 Å². The smallest absolute Gasteiger partial charge is 0.269 e. The molecule has 0 saturated heterocycles. The second kappa shape index (κ2) is 11.5. The molecule has 40 heavy (non-hydrogen) atoms. The Kier molecular flexibility index (Phi) is 7.72. The number of halogens is 1. The maximum Gasteiger partial charge on any atom is 0.269 e. The van der Waals surface area contributed by atoms with Crippen LogP contribution in [0.2, 0.25) is 0 Å². The number of nitrogens with zero attached hydrogens (tertiary/aromatic N) is 4. The number of rotatable bonds is 10. The minimum Gasteiger partial charge on any atom is -0.353 e. The fraction of sp³-hybridized carbons (Fsp3) is 0.276. The quantitative estimate of drug-likeness (QED) is 0.153. The highest BCUT2D eigenvalue weighted by Gasteiger charge is 2.17. The molecular weight excluding hydrogens is 509 g/mol. The van der Waals surface area contributed by atoms with Gasteiger partial charge in [-0.05, 0) is 64.1 Å². The zero-order valence-electron chi connectivity index (χ0n) is 22.8. The van der Waals surface area contributed by atoms with Gasteiger partial charge in [-0.2, -0.15) is 15.0 Å². The van der Waals surface area contributed by atoms with Crippen LogP contribution in [0.3, 0.4) is 0 Å². The van der Waals surface area contributed by atoms with Crippen molar-refractivity contribution < 1.29 is 9.18 Å². The predicted molar refractivity (Wildman–Crippen MR) is 157 cm³/mol. The number of benzene rings is 2. The fourth-order valence-corrected chi connectivity index (χ4v) is 4.32. The van der Waals surface area contributed by atoms with E-state index in [4.69, 9.17) is 0 Å². The van der Waals surface area contributed by atoms with Gasteiger partial charge in [0.15, 0.2) is 0 Å². The average Bonchev–Trinajstić information content (AvgIpc) is 3.29. The number of aromatic amines is 1. The number of amides is 1. The van der Waals surface area contributed by atoms with Crippen molar-refractivity contribution in [3.8, 4) is 11.3 Å². The molecule has 0 bridgehead atoms. The topological polar surface area (TPSA) is 133 Å². The summed E-state index contributed by atoms with van der Waals surface area (Å²) in [5, 5.41) is 14.3. The van der Waals surface area contributed by atoms with E-state index in [1.807, 2.05) is 52.0 Å². The van der Waals surface area contributed by atoms with E-state index in [1.54, 1.807) is 18.2 Å². The number of carbonyl (C=O) groups is 1. The molecule has 11 heteroatoms. The maximum absolute atomic E-state index is 13.6. The van der Waals surface area contributed by atoms with Gasteiger partial charge < -0.3 is 26.3 Å². The molecule has 0 aliphatic rings. The Bertz CT molecular complexity index is 1620. The Morgan fingerprint density at radius 1 is 0.825 bits per heavy atom. The van der Waals surface area contributed by atoms with Crippen molar-refractivity contribution in [2.45, 2.75) is 39.8 Å². The van der Waals surface area contributed by atoms with Crippen molar-refractivity contribution in [3.63, 3.8) is 0 Å². The second-order valence-electron chi connectivity index (χ2n) is 10.0. The fourth-order valence-electron chi connectivity index (χ4n) is 4.32. The number of pyridine rings is 1. The highest BCUT2D eigenvalue weighted by atomic mass is 19.1.